The number of piperidine rings is 1. The molecule has 3 rings (SSSR count). The minimum absolute atomic E-state index is 0.245. The van der Waals surface area contributed by atoms with Crippen molar-refractivity contribution >= 4 is 10.9 Å². The van der Waals surface area contributed by atoms with Gasteiger partial charge in [-0.15, -0.1) is 5.10 Å². The van der Waals surface area contributed by atoms with Gasteiger partial charge in [-0.3, -0.25) is 5.10 Å². The summed E-state index contributed by atoms with van der Waals surface area (Å²) in [6, 6.07) is 6.15. The van der Waals surface area contributed by atoms with Gasteiger partial charge in [-0.25, -0.2) is 0 Å². The van der Waals surface area contributed by atoms with Gasteiger partial charge in [0.15, 0.2) is 0 Å². The molecule has 1 aromatic heterocycles. The first-order chi connectivity index (χ1) is 8.34. The molecule has 1 aliphatic rings. The largest absolute Gasteiger partial charge is 0.472 e. The molecule has 90 valence electrons. The molecule has 2 heterocycles. The molecule has 1 saturated heterocycles. The van der Waals surface area contributed by atoms with Crippen molar-refractivity contribution in [3.05, 3.63) is 23.8 Å². The monoisotopic (exact) mass is 231 g/mol. The summed E-state index contributed by atoms with van der Waals surface area (Å²) in [7, 11) is 0. The molecule has 0 saturated carbocycles. The Morgan fingerprint density at radius 1 is 1.41 bits per heavy atom. The van der Waals surface area contributed by atoms with E-state index in [2.05, 4.69) is 28.5 Å². The number of benzene rings is 1. The van der Waals surface area contributed by atoms with E-state index in [0.717, 1.165) is 36.3 Å². The van der Waals surface area contributed by atoms with Crippen molar-refractivity contribution in [2.45, 2.75) is 25.9 Å². The lowest BCUT2D eigenvalue weighted by molar-refractivity contribution is 0.162. The summed E-state index contributed by atoms with van der Waals surface area (Å²) in [5, 5.41) is 11.8. The van der Waals surface area contributed by atoms with Crippen LogP contribution in [0.3, 0.4) is 0 Å². The van der Waals surface area contributed by atoms with Crippen molar-refractivity contribution in [3.63, 3.8) is 0 Å². The number of aromatic amines is 1. The predicted octanol–water partition coefficient (Wildman–Crippen LogP) is 2.00. The minimum Gasteiger partial charge on any atom is -0.472 e. The first-order valence-corrected chi connectivity index (χ1v) is 6.15. The first-order valence-electron chi connectivity index (χ1n) is 6.15. The summed E-state index contributed by atoms with van der Waals surface area (Å²) in [4.78, 5) is 0. The highest BCUT2D eigenvalue weighted by Gasteiger charge is 2.17. The Morgan fingerprint density at radius 2 is 2.35 bits per heavy atom. The van der Waals surface area contributed by atoms with Gasteiger partial charge in [0, 0.05) is 6.54 Å². The van der Waals surface area contributed by atoms with Gasteiger partial charge in [-0.1, -0.05) is 12.1 Å². The second-order valence-corrected chi connectivity index (χ2v) is 4.61. The van der Waals surface area contributed by atoms with E-state index in [1.54, 1.807) is 0 Å². The number of aryl methyl sites for hydroxylation is 1. The lowest BCUT2D eigenvalue weighted by Gasteiger charge is -2.22. The molecule has 2 aromatic rings. The fraction of sp³-hybridized carbons (Fsp3) is 0.462. The smallest absolute Gasteiger partial charge is 0.241 e. The van der Waals surface area contributed by atoms with Crippen LogP contribution >= 0.6 is 0 Å². The van der Waals surface area contributed by atoms with Crippen LogP contribution in [0.15, 0.2) is 18.2 Å². The number of hydrogen-bond acceptors (Lipinski definition) is 3. The van der Waals surface area contributed by atoms with E-state index in [-0.39, 0.29) is 6.10 Å². The standard InChI is InChI=1S/C13H17N3O/c1-9-4-2-6-11-12(9)13(16-15-11)17-10-5-3-7-14-8-10/h2,4,6,10,14H,3,5,7-8H2,1H3,(H,15,16). The van der Waals surface area contributed by atoms with E-state index < -0.39 is 0 Å². The number of H-pyrrole nitrogens is 1. The van der Waals surface area contributed by atoms with Crippen molar-refractivity contribution in [1.29, 1.82) is 0 Å². The Labute approximate surface area is 100 Å². The van der Waals surface area contributed by atoms with Crippen LogP contribution in [0.25, 0.3) is 10.9 Å². The number of rotatable bonds is 2. The first kappa shape index (κ1) is 10.6. The summed E-state index contributed by atoms with van der Waals surface area (Å²) in [6.07, 6.45) is 2.52. The van der Waals surface area contributed by atoms with E-state index in [1.807, 2.05) is 12.1 Å². The molecule has 0 aliphatic carbocycles. The van der Waals surface area contributed by atoms with E-state index in [4.69, 9.17) is 4.74 Å². The fourth-order valence-electron chi connectivity index (χ4n) is 2.38. The number of hydrogen-bond donors (Lipinski definition) is 2. The van der Waals surface area contributed by atoms with Crippen molar-refractivity contribution in [3.8, 4) is 5.88 Å². The molecule has 1 atom stereocenters. The second-order valence-electron chi connectivity index (χ2n) is 4.61. The van der Waals surface area contributed by atoms with Gasteiger partial charge in [-0.2, -0.15) is 0 Å². The van der Waals surface area contributed by atoms with Crippen LogP contribution in [-0.4, -0.2) is 29.4 Å². The summed E-state index contributed by atoms with van der Waals surface area (Å²) in [5.74, 6) is 0.742. The molecule has 2 N–H and O–H groups in total. The minimum atomic E-state index is 0.245. The highest BCUT2D eigenvalue weighted by Crippen LogP contribution is 2.27. The Kier molecular flexibility index (Phi) is 2.73. The molecule has 1 fully saturated rings. The van der Waals surface area contributed by atoms with E-state index in [0.29, 0.717) is 0 Å². The van der Waals surface area contributed by atoms with Gasteiger partial charge in [0.05, 0.1) is 10.9 Å². The van der Waals surface area contributed by atoms with Crippen molar-refractivity contribution in [2.75, 3.05) is 13.1 Å². The van der Waals surface area contributed by atoms with Crippen LogP contribution in [0.2, 0.25) is 0 Å². The lowest BCUT2D eigenvalue weighted by atomic mass is 10.1. The number of nitrogens with one attached hydrogen (secondary N) is 2. The molecular weight excluding hydrogens is 214 g/mol. The molecule has 1 aliphatic heterocycles. The highest BCUT2D eigenvalue weighted by atomic mass is 16.5. The van der Waals surface area contributed by atoms with Gasteiger partial charge in [-0.05, 0) is 37.9 Å². The Bertz CT molecular complexity index is 514. The van der Waals surface area contributed by atoms with Gasteiger partial charge in [0.25, 0.3) is 0 Å². The molecule has 0 bridgehead atoms. The quantitative estimate of drug-likeness (QED) is 0.831. The third-order valence-corrected chi connectivity index (χ3v) is 3.29. The second kappa shape index (κ2) is 4.37. The molecule has 4 heteroatoms. The average molecular weight is 231 g/mol. The zero-order valence-corrected chi connectivity index (χ0v) is 9.99. The van der Waals surface area contributed by atoms with E-state index >= 15 is 0 Å². The molecule has 17 heavy (non-hydrogen) atoms. The van der Waals surface area contributed by atoms with Crippen molar-refractivity contribution in [2.24, 2.45) is 0 Å². The normalized spacial score (nSPS) is 20.6. The SMILES string of the molecule is Cc1cccc2[nH]nc(OC3CCCNC3)c12. The number of ether oxygens (including phenoxy) is 1. The number of fused-ring (bicyclic) bond motifs is 1. The fourth-order valence-corrected chi connectivity index (χ4v) is 2.38. The third-order valence-electron chi connectivity index (χ3n) is 3.29. The maximum Gasteiger partial charge on any atom is 0.241 e. The summed E-state index contributed by atoms with van der Waals surface area (Å²) in [5.41, 5.74) is 2.25. The zero-order valence-electron chi connectivity index (χ0n) is 9.99. The maximum absolute atomic E-state index is 5.98. The van der Waals surface area contributed by atoms with Gasteiger partial charge < -0.3 is 10.1 Å². The topological polar surface area (TPSA) is 49.9 Å². The number of nitrogens with zero attached hydrogens (tertiary/aromatic N) is 1. The molecule has 1 aromatic carbocycles. The highest BCUT2D eigenvalue weighted by molar-refractivity contribution is 5.87. The van der Waals surface area contributed by atoms with E-state index in [9.17, 15) is 0 Å². The maximum atomic E-state index is 5.98. The number of aromatic nitrogens is 2. The van der Waals surface area contributed by atoms with Crippen molar-refractivity contribution < 1.29 is 4.74 Å². The predicted molar refractivity (Wildman–Crippen MR) is 67.4 cm³/mol. The molecule has 0 amide bonds. The average Bonchev–Trinajstić information content (AvgIpc) is 2.75. The molecule has 0 spiro atoms. The summed E-state index contributed by atoms with van der Waals surface area (Å²) >= 11 is 0. The Hall–Kier alpha value is -1.55. The summed E-state index contributed by atoms with van der Waals surface area (Å²) < 4.78 is 5.98. The van der Waals surface area contributed by atoms with Crippen LogP contribution in [-0.2, 0) is 0 Å². The third kappa shape index (κ3) is 2.00. The zero-order chi connectivity index (χ0) is 11.7. The van der Waals surface area contributed by atoms with Gasteiger partial charge in [0.1, 0.15) is 6.10 Å². The molecule has 4 nitrogen and oxygen atoms in total. The van der Waals surface area contributed by atoms with Crippen LogP contribution in [0.4, 0.5) is 0 Å². The van der Waals surface area contributed by atoms with Crippen LogP contribution < -0.4 is 10.1 Å². The van der Waals surface area contributed by atoms with Crippen molar-refractivity contribution in [1.82, 2.24) is 15.5 Å². The Balaban J connectivity index is 1.89. The summed E-state index contributed by atoms with van der Waals surface area (Å²) in [6.45, 7) is 4.10. The molecule has 0 radical (unpaired) electrons. The van der Waals surface area contributed by atoms with Gasteiger partial charge >= 0.3 is 0 Å². The van der Waals surface area contributed by atoms with Crippen LogP contribution in [0.1, 0.15) is 18.4 Å². The molecular formula is C13H17N3O. The van der Waals surface area contributed by atoms with Crippen LogP contribution in [0, 0.1) is 6.92 Å². The van der Waals surface area contributed by atoms with Gasteiger partial charge in [0.2, 0.25) is 5.88 Å². The van der Waals surface area contributed by atoms with E-state index in [1.165, 1.54) is 12.0 Å². The van der Waals surface area contributed by atoms with Crippen LogP contribution in [0.5, 0.6) is 5.88 Å². The Morgan fingerprint density at radius 3 is 3.18 bits per heavy atom. The lowest BCUT2D eigenvalue weighted by Crippen LogP contribution is -2.37. The molecule has 1 unspecified atom stereocenters.